The molecule has 0 bridgehead atoms. The van der Waals surface area contributed by atoms with Gasteiger partial charge in [0.05, 0.1) is 11.5 Å². The second-order valence-electron chi connectivity index (χ2n) is 5.04. The molecule has 1 aromatic rings. The Morgan fingerprint density at radius 1 is 1.33 bits per heavy atom. The van der Waals surface area contributed by atoms with E-state index in [2.05, 4.69) is 0 Å². The Labute approximate surface area is 131 Å². The summed E-state index contributed by atoms with van der Waals surface area (Å²) in [7, 11) is -3.16. The van der Waals surface area contributed by atoms with Gasteiger partial charge in [-0.3, -0.25) is 4.79 Å². The van der Waals surface area contributed by atoms with Crippen molar-refractivity contribution in [2.45, 2.75) is 19.9 Å². The van der Waals surface area contributed by atoms with E-state index >= 15 is 0 Å². The van der Waals surface area contributed by atoms with Gasteiger partial charge >= 0.3 is 0 Å². The molecule has 0 atom stereocenters. The molecule has 0 heterocycles. The largest absolute Gasteiger partial charge is 0.368 e. The van der Waals surface area contributed by atoms with Gasteiger partial charge in [-0.1, -0.05) is 6.07 Å². The zero-order chi connectivity index (χ0) is 16.0. The molecule has 0 aliphatic carbocycles. The van der Waals surface area contributed by atoms with Crippen LogP contribution in [0.25, 0.3) is 0 Å². The molecule has 7 heteroatoms. The van der Waals surface area contributed by atoms with Crippen molar-refractivity contribution in [1.29, 1.82) is 0 Å². The van der Waals surface area contributed by atoms with Gasteiger partial charge in [0, 0.05) is 29.7 Å². The zero-order valence-electron chi connectivity index (χ0n) is 12.3. The van der Waals surface area contributed by atoms with E-state index in [0.717, 1.165) is 5.69 Å². The lowest BCUT2D eigenvalue weighted by Crippen LogP contribution is -2.36. The van der Waals surface area contributed by atoms with Crippen LogP contribution in [-0.4, -0.2) is 44.3 Å². The number of carbonyl (C=O) groups excluding carboxylic acids is 1. The SMILES string of the molecule is CC(C)N(CCS(=O)(=O)CCCl)c1cccc(C(N)=O)c1. The first kappa shape index (κ1) is 17.8. The first-order valence-corrected chi connectivity index (χ1v) is 9.05. The summed E-state index contributed by atoms with van der Waals surface area (Å²) >= 11 is 5.49. The number of halogens is 1. The molecular weight excluding hydrogens is 312 g/mol. The molecule has 21 heavy (non-hydrogen) atoms. The second-order valence-corrected chi connectivity index (χ2v) is 7.72. The number of nitrogens with two attached hydrogens (primary N) is 1. The molecule has 0 saturated heterocycles. The van der Waals surface area contributed by atoms with Crippen LogP contribution in [0.3, 0.4) is 0 Å². The molecule has 5 nitrogen and oxygen atoms in total. The highest BCUT2D eigenvalue weighted by molar-refractivity contribution is 7.91. The van der Waals surface area contributed by atoms with Gasteiger partial charge in [0.25, 0.3) is 0 Å². The third-order valence-electron chi connectivity index (χ3n) is 3.12. The van der Waals surface area contributed by atoms with E-state index in [1.165, 1.54) is 0 Å². The minimum absolute atomic E-state index is 0.0260. The Morgan fingerprint density at radius 2 is 2.00 bits per heavy atom. The minimum atomic E-state index is -3.16. The number of sulfone groups is 1. The van der Waals surface area contributed by atoms with Gasteiger partial charge in [0.15, 0.2) is 9.84 Å². The van der Waals surface area contributed by atoms with Crippen LogP contribution in [0.1, 0.15) is 24.2 Å². The number of amides is 1. The van der Waals surface area contributed by atoms with Gasteiger partial charge < -0.3 is 10.6 Å². The average molecular weight is 333 g/mol. The van der Waals surface area contributed by atoms with E-state index in [9.17, 15) is 13.2 Å². The zero-order valence-corrected chi connectivity index (χ0v) is 13.8. The molecule has 0 aliphatic rings. The predicted octanol–water partition coefficient (Wildman–Crippen LogP) is 1.65. The molecule has 0 fully saturated rings. The van der Waals surface area contributed by atoms with Crippen LogP contribution < -0.4 is 10.6 Å². The summed E-state index contributed by atoms with van der Waals surface area (Å²) in [5.41, 5.74) is 6.46. The van der Waals surface area contributed by atoms with Crippen molar-refractivity contribution < 1.29 is 13.2 Å². The number of nitrogens with zero attached hydrogens (tertiary/aromatic N) is 1. The first-order valence-electron chi connectivity index (χ1n) is 6.69. The van der Waals surface area contributed by atoms with E-state index in [-0.39, 0.29) is 23.4 Å². The normalized spacial score (nSPS) is 11.6. The lowest BCUT2D eigenvalue weighted by atomic mass is 10.1. The van der Waals surface area contributed by atoms with E-state index in [1.54, 1.807) is 18.2 Å². The molecule has 0 unspecified atom stereocenters. The fraction of sp³-hybridized carbons (Fsp3) is 0.500. The topological polar surface area (TPSA) is 80.5 Å². The van der Waals surface area contributed by atoms with Crippen molar-refractivity contribution in [2.75, 3.05) is 28.8 Å². The van der Waals surface area contributed by atoms with E-state index < -0.39 is 15.7 Å². The summed E-state index contributed by atoms with van der Waals surface area (Å²) in [5.74, 6) is -0.405. The molecule has 0 saturated carbocycles. The lowest BCUT2D eigenvalue weighted by Gasteiger charge is -2.29. The lowest BCUT2D eigenvalue weighted by molar-refractivity contribution is 0.100. The summed E-state index contributed by atoms with van der Waals surface area (Å²) in [5, 5.41) is 0. The van der Waals surface area contributed by atoms with Crippen LogP contribution in [0.5, 0.6) is 0 Å². The number of hydrogen-bond acceptors (Lipinski definition) is 4. The van der Waals surface area contributed by atoms with Crippen LogP contribution in [0, 0.1) is 0 Å². The van der Waals surface area contributed by atoms with Gasteiger partial charge in [0.1, 0.15) is 0 Å². The van der Waals surface area contributed by atoms with Crippen LogP contribution >= 0.6 is 11.6 Å². The average Bonchev–Trinajstić information content (AvgIpc) is 2.38. The summed E-state index contributed by atoms with van der Waals surface area (Å²) < 4.78 is 23.6. The fourth-order valence-corrected chi connectivity index (χ4v) is 3.60. The van der Waals surface area contributed by atoms with Gasteiger partial charge in [-0.25, -0.2) is 8.42 Å². The Balaban J connectivity index is 2.92. The number of rotatable bonds is 8. The molecule has 2 N–H and O–H groups in total. The Kier molecular flexibility index (Phi) is 6.48. The third kappa shape index (κ3) is 5.55. The highest BCUT2D eigenvalue weighted by Crippen LogP contribution is 2.19. The van der Waals surface area contributed by atoms with Crippen LogP contribution in [0.2, 0.25) is 0 Å². The van der Waals surface area contributed by atoms with Crippen molar-refractivity contribution in [3.63, 3.8) is 0 Å². The number of primary amides is 1. The summed E-state index contributed by atoms with van der Waals surface area (Å²) in [4.78, 5) is 13.2. The quantitative estimate of drug-likeness (QED) is 0.734. The summed E-state index contributed by atoms with van der Waals surface area (Å²) in [6, 6.07) is 6.98. The first-order chi connectivity index (χ1) is 9.76. The van der Waals surface area contributed by atoms with E-state index in [1.807, 2.05) is 24.8 Å². The molecule has 1 rings (SSSR count). The Morgan fingerprint density at radius 3 is 2.52 bits per heavy atom. The number of benzene rings is 1. The highest BCUT2D eigenvalue weighted by Gasteiger charge is 2.17. The van der Waals surface area contributed by atoms with Crippen LogP contribution in [-0.2, 0) is 9.84 Å². The molecular formula is C14H21ClN2O3S. The molecule has 0 aliphatic heterocycles. The smallest absolute Gasteiger partial charge is 0.248 e. The summed E-state index contributed by atoms with van der Waals surface area (Å²) in [6.45, 7) is 4.27. The number of hydrogen-bond donors (Lipinski definition) is 1. The highest BCUT2D eigenvalue weighted by atomic mass is 35.5. The maximum Gasteiger partial charge on any atom is 0.248 e. The van der Waals surface area contributed by atoms with E-state index in [4.69, 9.17) is 17.3 Å². The number of alkyl halides is 1. The van der Waals surface area contributed by atoms with Crippen molar-refractivity contribution in [3.8, 4) is 0 Å². The fourth-order valence-electron chi connectivity index (χ4n) is 1.98. The van der Waals surface area contributed by atoms with Gasteiger partial charge in [-0.15, -0.1) is 11.6 Å². The molecule has 1 amide bonds. The predicted molar refractivity (Wildman–Crippen MR) is 86.8 cm³/mol. The standard InChI is InChI=1S/C14H21ClN2O3S/c1-11(2)17(7-9-21(19,20)8-6-15)13-5-3-4-12(10-13)14(16)18/h3-5,10-11H,6-9H2,1-2H3,(H2,16,18). The van der Waals surface area contributed by atoms with Gasteiger partial charge in [-0.05, 0) is 32.0 Å². The molecule has 1 aromatic carbocycles. The molecule has 0 radical (unpaired) electrons. The van der Waals surface area contributed by atoms with Crippen LogP contribution in [0.4, 0.5) is 5.69 Å². The molecule has 118 valence electrons. The van der Waals surface area contributed by atoms with Crippen LogP contribution in [0.15, 0.2) is 24.3 Å². The maximum atomic E-state index is 11.8. The van der Waals surface area contributed by atoms with Crippen molar-refractivity contribution in [3.05, 3.63) is 29.8 Å². The Hall–Kier alpha value is -1.27. The summed E-state index contributed by atoms with van der Waals surface area (Å²) in [6.07, 6.45) is 0. The number of anilines is 1. The minimum Gasteiger partial charge on any atom is -0.368 e. The molecule has 0 aromatic heterocycles. The third-order valence-corrected chi connectivity index (χ3v) is 5.16. The molecule has 0 spiro atoms. The number of carbonyl (C=O) groups is 1. The van der Waals surface area contributed by atoms with Crippen molar-refractivity contribution in [1.82, 2.24) is 0 Å². The maximum absolute atomic E-state index is 11.8. The monoisotopic (exact) mass is 332 g/mol. The van der Waals surface area contributed by atoms with E-state index in [0.29, 0.717) is 12.1 Å². The van der Waals surface area contributed by atoms with Gasteiger partial charge in [-0.2, -0.15) is 0 Å². The van der Waals surface area contributed by atoms with Crippen molar-refractivity contribution in [2.24, 2.45) is 5.73 Å². The second kappa shape index (κ2) is 7.66. The Bertz CT molecular complexity index is 588. The van der Waals surface area contributed by atoms with Crippen molar-refractivity contribution >= 4 is 33.0 Å². The van der Waals surface area contributed by atoms with Gasteiger partial charge in [0.2, 0.25) is 5.91 Å².